The van der Waals surface area contributed by atoms with Gasteiger partial charge in [-0.1, -0.05) is 19.8 Å². The molecule has 0 aromatic rings. The molecule has 1 unspecified atom stereocenters. The molecule has 0 saturated heterocycles. The summed E-state index contributed by atoms with van der Waals surface area (Å²) in [6.45, 7) is 2.08. The van der Waals surface area contributed by atoms with Crippen molar-refractivity contribution in [2.24, 2.45) is 11.7 Å². The fraction of sp³-hybridized carbons (Fsp3) is 0.667. The van der Waals surface area contributed by atoms with Crippen LogP contribution < -0.4 is 5.73 Å². The first-order valence-corrected chi connectivity index (χ1v) is 3.95. The minimum absolute atomic E-state index is 0.111. The number of unbranched alkanes of at least 4 members (excludes halogenated alkanes) is 1. The molecule has 0 aromatic carbocycles. The zero-order valence-electron chi connectivity index (χ0n) is 6.97. The molecular formula is C9H15NO. The summed E-state index contributed by atoms with van der Waals surface area (Å²) in [5, 5.41) is 0. The minimum atomic E-state index is -0.267. The first-order valence-electron chi connectivity index (χ1n) is 3.95. The smallest absolute Gasteiger partial charge is 0.221 e. The number of primary amides is 1. The summed E-state index contributed by atoms with van der Waals surface area (Å²) < 4.78 is 0. The van der Waals surface area contributed by atoms with Gasteiger partial charge in [-0.2, -0.15) is 0 Å². The van der Waals surface area contributed by atoms with Crippen LogP contribution in [0.4, 0.5) is 0 Å². The fourth-order valence-electron chi connectivity index (χ4n) is 0.938. The minimum Gasteiger partial charge on any atom is -0.369 e. The average Bonchev–Trinajstić information content (AvgIpc) is 1.97. The number of hydrogen-bond acceptors (Lipinski definition) is 1. The average molecular weight is 153 g/mol. The zero-order valence-corrected chi connectivity index (χ0v) is 6.97. The number of rotatable bonds is 5. The van der Waals surface area contributed by atoms with Crippen LogP contribution in [-0.2, 0) is 4.79 Å². The van der Waals surface area contributed by atoms with Crippen LogP contribution in [0.1, 0.15) is 32.6 Å². The van der Waals surface area contributed by atoms with Gasteiger partial charge in [-0.05, 0) is 6.42 Å². The lowest BCUT2D eigenvalue weighted by atomic mass is 9.98. The summed E-state index contributed by atoms with van der Waals surface area (Å²) in [5.41, 5.74) is 5.13. The summed E-state index contributed by atoms with van der Waals surface area (Å²) in [4.78, 5) is 10.7. The fourth-order valence-corrected chi connectivity index (χ4v) is 0.938. The molecule has 0 bridgehead atoms. The Hall–Kier alpha value is -0.970. The van der Waals surface area contributed by atoms with Gasteiger partial charge in [0.25, 0.3) is 0 Å². The quantitative estimate of drug-likeness (QED) is 0.594. The van der Waals surface area contributed by atoms with Crippen molar-refractivity contribution in [1.29, 1.82) is 0 Å². The van der Waals surface area contributed by atoms with E-state index in [1.165, 1.54) is 0 Å². The highest BCUT2D eigenvalue weighted by molar-refractivity contribution is 5.76. The van der Waals surface area contributed by atoms with Gasteiger partial charge in [-0.15, -0.1) is 12.3 Å². The van der Waals surface area contributed by atoms with Gasteiger partial charge in [0.05, 0.1) is 0 Å². The lowest BCUT2D eigenvalue weighted by molar-refractivity contribution is -0.121. The third-order valence-corrected chi connectivity index (χ3v) is 1.67. The third-order valence-electron chi connectivity index (χ3n) is 1.67. The van der Waals surface area contributed by atoms with E-state index >= 15 is 0 Å². The Labute approximate surface area is 68.2 Å². The molecule has 2 heteroatoms. The van der Waals surface area contributed by atoms with E-state index in [1.807, 2.05) is 0 Å². The van der Waals surface area contributed by atoms with Crippen molar-refractivity contribution < 1.29 is 4.79 Å². The summed E-state index contributed by atoms with van der Waals surface area (Å²) in [7, 11) is 0. The maximum atomic E-state index is 10.7. The molecule has 2 nitrogen and oxygen atoms in total. The van der Waals surface area contributed by atoms with Crippen LogP contribution in [0.15, 0.2) is 0 Å². The lowest BCUT2D eigenvalue weighted by Crippen LogP contribution is -2.22. The Balaban J connectivity index is 3.72. The second kappa shape index (κ2) is 5.79. The van der Waals surface area contributed by atoms with Crippen molar-refractivity contribution in [3.8, 4) is 12.3 Å². The molecule has 0 saturated carbocycles. The molecule has 1 atom stereocenters. The van der Waals surface area contributed by atoms with Crippen molar-refractivity contribution in [3.63, 3.8) is 0 Å². The number of carbonyl (C=O) groups excluding carboxylic acids is 1. The Morgan fingerprint density at radius 2 is 2.36 bits per heavy atom. The predicted molar refractivity (Wildman–Crippen MR) is 45.7 cm³/mol. The van der Waals surface area contributed by atoms with Gasteiger partial charge in [-0.25, -0.2) is 0 Å². The molecule has 0 aromatic heterocycles. The highest BCUT2D eigenvalue weighted by atomic mass is 16.1. The van der Waals surface area contributed by atoms with Crippen molar-refractivity contribution in [2.75, 3.05) is 0 Å². The molecular weight excluding hydrogens is 138 g/mol. The van der Waals surface area contributed by atoms with Gasteiger partial charge in [0.1, 0.15) is 0 Å². The summed E-state index contributed by atoms with van der Waals surface area (Å²) in [5.74, 6) is 2.08. The highest BCUT2D eigenvalue weighted by Gasteiger charge is 2.12. The van der Waals surface area contributed by atoms with E-state index in [-0.39, 0.29) is 11.8 Å². The Kier molecular flexibility index (Phi) is 5.28. The van der Waals surface area contributed by atoms with E-state index in [9.17, 15) is 4.79 Å². The maximum Gasteiger partial charge on any atom is 0.221 e. The molecule has 0 fully saturated rings. The van der Waals surface area contributed by atoms with Gasteiger partial charge in [0, 0.05) is 12.3 Å². The number of nitrogens with two attached hydrogens (primary N) is 1. The van der Waals surface area contributed by atoms with Crippen LogP contribution in [0, 0.1) is 18.3 Å². The summed E-state index contributed by atoms with van der Waals surface area (Å²) in [6.07, 6.45) is 8.49. The van der Waals surface area contributed by atoms with Gasteiger partial charge >= 0.3 is 0 Å². The number of terminal acetylenes is 1. The third kappa shape index (κ3) is 4.44. The molecule has 0 radical (unpaired) electrons. The SMILES string of the molecule is C#CCC(CCCC)C(N)=O. The predicted octanol–water partition coefficient (Wildman–Crippen LogP) is 1.30. The Morgan fingerprint density at radius 1 is 1.73 bits per heavy atom. The van der Waals surface area contributed by atoms with Crippen molar-refractivity contribution in [3.05, 3.63) is 0 Å². The van der Waals surface area contributed by atoms with Gasteiger partial charge < -0.3 is 5.73 Å². The van der Waals surface area contributed by atoms with Gasteiger partial charge in [0.15, 0.2) is 0 Å². The van der Waals surface area contributed by atoms with E-state index in [1.54, 1.807) is 0 Å². The monoisotopic (exact) mass is 153 g/mol. The second-order valence-corrected chi connectivity index (χ2v) is 2.65. The van der Waals surface area contributed by atoms with Crippen LogP contribution >= 0.6 is 0 Å². The number of amides is 1. The molecule has 0 aliphatic heterocycles. The summed E-state index contributed by atoms with van der Waals surface area (Å²) in [6, 6.07) is 0. The van der Waals surface area contributed by atoms with Gasteiger partial charge in [-0.3, -0.25) is 4.79 Å². The standard InChI is InChI=1S/C9H15NO/c1-3-5-7-8(6-4-2)9(10)11/h2,8H,3,5-7H2,1H3,(H2,10,11). The molecule has 2 N–H and O–H groups in total. The van der Waals surface area contributed by atoms with E-state index in [2.05, 4.69) is 12.8 Å². The molecule has 11 heavy (non-hydrogen) atoms. The van der Waals surface area contributed by atoms with Crippen LogP contribution in [0.5, 0.6) is 0 Å². The van der Waals surface area contributed by atoms with E-state index in [0.29, 0.717) is 6.42 Å². The van der Waals surface area contributed by atoms with E-state index in [4.69, 9.17) is 12.2 Å². The largest absolute Gasteiger partial charge is 0.369 e. The van der Waals surface area contributed by atoms with Crippen LogP contribution in [0.3, 0.4) is 0 Å². The zero-order chi connectivity index (χ0) is 8.69. The molecule has 0 aliphatic carbocycles. The molecule has 1 amide bonds. The van der Waals surface area contributed by atoms with Crippen LogP contribution in [0.25, 0.3) is 0 Å². The normalized spacial score (nSPS) is 12.0. The molecule has 62 valence electrons. The number of carbonyl (C=O) groups is 1. The van der Waals surface area contributed by atoms with Crippen molar-refractivity contribution >= 4 is 5.91 Å². The first-order chi connectivity index (χ1) is 5.22. The first kappa shape index (κ1) is 10.0. The van der Waals surface area contributed by atoms with E-state index in [0.717, 1.165) is 19.3 Å². The second-order valence-electron chi connectivity index (χ2n) is 2.65. The molecule has 0 rings (SSSR count). The lowest BCUT2D eigenvalue weighted by Gasteiger charge is -2.07. The molecule has 0 aliphatic rings. The topological polar surface area (TPSA) is 43.1 Å². The number of hydrogen-bond donors (Lipinski definition) is 1. The van der Waals surface area contributed by atoms with E-state index < -0.39 is 0 Å². The van der Waals surface area contributed by atoms with Gasteiger partial charge in [0.2, 0.25) is 5.91 Å². The van der Waals surface area contributed by atoms with Crippen molar-refractivity contribution in [1.82, 2.24) is 0 Å². The Morgan fingerprint density at radius 3 is 2.73 bits per heavy atom. The molecule has 0 heterocycles. The Bertz CT molecular complexity index is 157. The van der Waals surface area contributed by atoms with Crippen molar-refractivity contribution in [2.45, 2.75) is 32.6 Å². The maximum absolute atomic E-state index is 10.7. The summed E-state index contributed by atoms with van der Waals surface area (Å²) >= 11 is 0. The van der Waals surface area contributed by atoms with Crippen LogP contribution in [0.2, 0.25) is 0 Å². The highest BCUT2D eigenvalue weighted by Crippen LogP contribution is 2.10. The van der Waals surface area contributed by atoms with Crippen LogP contribution in [-0.4, -0.2) is 5.91 Å². The molecule has 0 spiro atoms.